The van der Waals surface area contributed by atoms with Gasteiger partial charge in [-0.1, -0.05) is 44.5 Å². The number of hydrazone groups is 1. The lowest BCUT2D eigenvalue weighted by Crippen LogP contribution is -2.32. The Bertz CT molecular complexity index is 1380. The third kappa shape index (κ3) is 5.46. The van der Waals surface area contributed by atoms with E-state index in [0.717, 1.165) is 40.8 Å². The number of amides is 1. The third-order valence-electron chi connectivity index (χ3n) is 6.59. The van der Waals surface area contributed by atoms with Gasteiger partial charge in [-0.05, 0) is 47.7 Å². The van der Waals surface area contributed by atoms with E-state index in [0.29, 0.717) is 35.7 Å². The topological polar surface area (TPSA) is 129 Å². The van der Waals surface area contributed by atoms with Crippen LogP contribution in [0, 0.1) is 0 Å². The number of aryl methyl sites for hydroxylation is 1. The molecule has 1 aliphatic heterocycles. The molecule has 1 aromatic heterocycles. The van der Waals surface area contributed by atoms with Gasteiger partial charge in [0, 0.05) is 23.6 Å². The molecule has 0 saturated heterocycles. The first kappa shape index (κ1) is 26.7. The number of nitrogen functional groups attached to an aromatic ring is 2. The molecule has 0 bridgehead atoms. The standard InChI is InChI=1S/C29H34N6O3/c1-5-9-24-21-11-8-7-10-20(21)17-32-35(24)26(36)13-12-19-14-18(16-25(37-3)27(19)38-4)15-22-23(6-2)33-29(31)34-28(22)30/h7-8,10-14,16-17,24H,5-6,9,15H2,1-4H3,(H4,30,31,33,34). The SMILES string of the molecule is CCCC1c2ccccc2C=NN1C(=O)C=Cc1cc(Cc2c(N)nc(N)nc2CC)cc(OC)c1OC. The molecule has 0 aliphatic carbocycles. The van der Waals surface area contributed by atoms with Crippen LogP contribution >= 0.6 is 0 Å². The first-order chi connectivity index (χ1) is 18.4. The van der Waals surface area contributed by atoms with Crippen LogP contribution in [0.4, 0.5) is 11.8 Å². The Morgan fingerprint density at radius 1 is 1.11 bits per heavy atom. The van der Waals surface area contributed by atoms with Crippen LogP contribution in [0.5, 0.6) is 11.5 Å². The van der Waals surface area contributed by atoms with Crippen LogP contribution in [-0.2, 0) is 17.6 Å². The average molecular weight is 515 g/mol. The number of hydrogen-bond donors (Lipinski definition) is 2. The minimum absolute atomic E-state index is 0.123. The fourth-order valence-electron chi connectivity index (χ4n) is 4.81. The second kappa shape index (κ2) is 11.8. The van der Waals surface area contributed by atoms with E-state index in [2.05, 4.69) is 28.1 Å². The Kier molecular flexibility index (Phi) is 8.25. The maximum Gasteiger partial charge on any atom is 0.267 e. The summed E-state index contributed by atoms with van der Waals surface area (Å²) >= 11 is 0. The molecular formula is C29H34N6O3. The van der Waals surface area contributed by atoms with Crippen LogP contribution in [0.3, 0.4) is 0 Å². The summed E-state index contributed by atoms with van der Waals surface area (Å²) in [5.41, 5.74) is 17.3. The monoisotopic (exact) mass is 514 g/mol. The van der Waals surface area contributed by atoms with Gasteiger partial charge in [-0.25, -0.2) is 9.99 Å². The Balaban J connectivity index is 1.67. The van der Waals surface area contributed by atoms with Gasteiger partial charge in [0.25, 0.3) is 5.91 Å². The molecule has 0 radical (unpaired) electrons. The lowest BCUT2D eigenvalue weighted by atomic mass is 9.95. The van der Waals surface area contributed by atoms with Crippen LogP contribution in [-0.4, -0.2) is 41.3 Å². The predicted octanol–water partition coefficient (Wildman–Crippen LogP) is 4.54. The van der Waals surface area contributed by atoms with Crippen molar-refractivity contribution >= 4 is 30.0 Å². The highest BCUT2D eigenvalue weighted by atomic mass is 16.5. The summed E-state index contributed by atoms with van der Waals surface area (Å²) in [6.45, 7) is 4.09. The van der Waals surface area contributed by atoms with Crippen LogP contribution in [0.2, 0.25) is 0 Å². The van der Waals surface area contributed by atoms with E-state index in [-0.39, 0.29) is 17.9 Å². The van der Waals surface area contributed by atoms with Gasteiger partial charge >= 0.3 is 0 Å². The van der Waals surface area contributed by atoms with E-state index in [1.165, 1.54) is 6.08 Å². The van der Waals surface area contributed by atoms with Gasteiger partial charge in [0.1, 0.15) is 5.82 Å². The summed E-state index contributed by atoms with van der Waals surface area (Å²) in [4.78, 5) is 21.9. The summed E-state index contributed by atoms with van der Waals surface area (Å²) in [6.07, 6.45) is 7.86. The molecule has 1 unspecified atom stereocenters. The molecule has 9 heteroatoms. The molecule has 1 amide bonds. The fourth-order valence-corrected chi connectivity index (χ4v) is 4.81. The number of nitrogens with two attached hydrogens (primary N) is 2. The largest absolute Gasteiger partial charge is 0.493 e. The van der Waals surface area contributed by atoms with Gasteiger partial charge in [0.15, 0.2) is 11.5 Å². The van der Waals surface area contributed by atoms with E-state index < -0.39 is 0 Å². The van der Waals surface area contributed by atoms with E-state index in [1.54, 1.807) is 31.5 Å². The number of ether oxygens (including phenoxy) is 2. The summed E-state index contributed by atoms with van der Waals surface area (Å²) in [5.74, 6) is 1.35. The van der Waals surface area contributed by atoms with Crippen molar-refractivity contribution < 1.29 is 14.3 Å². The molecule has 0 spiro atoms. The predicted molar refractivity (Wildman–Crippen MR) is 150 cm³/mol. The summed E-state index contributed by atoms with van der Waals surface area (Å²) in [5, 5.41) is 6.03. The second-order valence-corrected chi connectivity index (χ2v) is 9.04. The van der Waals surface area contributed by atoms with Crippen LogP contribution in [0.15, 0.2) is 47.6 Å². The maximum absolute atomic E-state index is 13.4. The molecule has 0 fully saturated rings. The molecule has 2 aromatic carbocycles. The summed E-state index contributed by atoms with van der Waals surface area (Å²) < 4.78 is 11.3. The van der Waals surface area contributed by atoms with E-state index in [4.69, 9.17) is 20.9 Å². The molecule has 0 saturated carbocycles. The van der Waals surface area contributed by atoms with Gasteiger partial charge in [0.2, 0.25) is 5.95 Å². The van der Waals surface area contributed by atoms with Crippen molar-refractivity contribution in [1.82, 2.24) is 15.0 Å². The van der Waals surface area contributed by atoms with E-state index in [9.17, 15) is 4.79 Å². The van der Waals surface area contributed by atoms with Gasteiger partial charge in [-0.2, -0.15) is 10.1 Å². The number of methoxy groups -OCH3 is 2. The van der Waals surface area contributed by atoms with Gasteiger partial charge in [-0.15, -0.1) is 0 Å². The molecule has 198 valence electrons. The molecule has 1 atom stereocenters. The number of carbonyl (C=O) groups excluding carboxylic acids is 1. The number of carbonyl (C=O) groups is 1. The molecule has 3 aromatic rings. The zero-order valence-corrected chi connectivity index (χ0v) is 22.3. The normalized spacial score (nSPS) is 14.5. The van der Waals surface area contributed by atoms with Gasteiger partial charge in [-0.3, -0.25) is 4.79 Å². The zero-order chi connectivity index (χ0) is 27.2. The van der Waals surface area contributed by atoms with Crippen LogP contribution in [0.25, 0.3) is 6.08 Å². The van der Waals surface area contributed by atoms with Crippen LogP contribution in [0.1, 0.15) is 66.2 Å². The number of rotatable bonds is 9. The van der Waals surface area contributed by atoms with Crippen molar-refractivity contribution in [1.29, 1.82) is 0 Å². The summed E-state index contributed by atoms with van der Waals surface area (Å²) in [7, 11) is 3.15. The molecule has 1 aliphatic rings. The molecule has 9 nitrogen and oxygen atoms in total. The highest BCUT2D eigenvalue weighted by molar-refractivity contribution is 5.95. The molecule has 4 N–H and O–H groups in total. The number of fused-ring (bicyclic) bond motifs is 1. The molecule has 2 heterocycles. The summed E-state index contributed by atoms with van der Waals surface area (Å²) in [6, 6.07) is 11.7. The molecule has 4 rings (SSSR count). The first-order valence-electron chi connectivity index (χ1n) is 12.7. The number of hydrogen-bond acceptors (Lipinski definition) is 8. The Hall–Kier alpha value is -4.40. The minimum atomic E-state index is -0.218. The fraction of sp³-hybridized carbons (Fsp3) is 0.310. The smallest absolute Gasteiger partial charge is 0.267 e. The van der Waals surface area contributed by atoms with Crippen molar-refractivity contribution in [2.24, 2.45) is 5.10 Å². The lowest BCUT2D eigenvalue weighted by Gasteiger charge is -2.31. The molecular weight excluding hydrogens is 480 g/mol. The Morgan fingerprint density at radius 2 is 1.89 bits per heavy atom. The highest BCUT2D eigenvalue weighted by Crippen LogP contribution is 2.36. The first-order valence-corrected chi connectivity index (χ1v) is 12.7. The van der Waals surface area contributed by atoms with Gasteiger partial charge in [0.05, 0.1) is 32.2 Å². The molecule has 38 heavy (non-hydrogen) atoms. The minimum Gasteiger partial charge on any atom is -0.493 e. The number of benzene rings is 2. The maximum atomic E-state index is 13.4. The number of nitrogens with zero attached hydrogens (tertiary/aromatic N) is 4. The van der Waals surface area contributed by atoms with Crippen molar-refractivity contribution in [3.8, 4) is 11.5 Å². The number of aromatic nitrogens is 2. The van der Waals surface area contributed by atoms with Gasteiger partial charge < -0.3 is 20.9 Å². The van der Waals surface area contributed by atoms with Crippen molar-refractivity contribution in [3.63, 3.8) is 0 Å². The Morgan fingerprint density at radius 3 is 2.61 bits per heavy atom. The van der Waals surface area contributed by atoms with E-state index in [1.807, 2.05) is 37.3 Å². The number of anilines is 2. The Labute approximate surface area is 223 Å². The zero-order valence-electron chi connectivity index (χ0n) is 22.3. The van der Waals surface area contributed by atoms with E-state index >= 15 is 0 Å². The average Bonchev–Trinajstić information content (AvgIpc) is 2.92. The van der Waals surface area contributed by atoms with Crippen molar-refractivity contribution in [3.05, 3.63) is 76.0 Å². The second-order valence-electron chi connectivity index (χ2n) is 9.04. The quantitative estimate of drug-likeness (QED) is 0.401. The lowest BCUT2D eigenvalue weighted by molar-refractivity contribution is -0.128. The third-order valence-corrected chi connectivity index (χ3v) is 6.59. The van der Waals surface area contributed by atoms with Crippen LogP contribution < -0.4 is 20.9 Å². The van der Waals surface area contributed by atoms with Crippen molar-refractivity contribution in [2.75, 3.05) is 25.7 Å². The highest BCUT2D eigenvalue weighted by Gasteiger charge is 2.27. The van der Waals surface area contributed by atoms with Crippen molar-refractivity contribution in [2.45, 2.75) is 45.6 Å².